The van der Waals surface area contributed by atoms with Crippen LogP contribution >= 0.6 is 0 Å². The number of benzene rings is 2. The highest BCUT2D eigenvalue weighted by Gasteiger charge is 2.35. The summed E-state index contributed by atoms with van der Waals surface area (Å²) in [6.07, 6.45) is -4.55. The molecule has 0 atom stereocenters. The third-order valence-electron chi connectivity index (χ3n) is 4.15. The van der Waals surface area contributed by atoms with Crippen molar-refractivity contribution >= 4 is 11.6 Å². The van der Waals surface area contributed by atoms with Gasteiger partial charge in [0.15, 0.2) is 12.3 Å². The number of fused-ring (bicyclic) bond motifs is 1. The van der Waals surface area contributed by atoms with E-state index in [9.17, 15) is 18.0 Å². The molecule has 5 nitrogen and oxygen atoms in total. The Morgan fingerprint density at radius 3 is 2.63 bits per heavy atom. The number of hydrogen-bond acceptors (Lipinski definition) is 3. The summed E-state index contributed by atoms with van der Waals surface area (Å²) in [4.78, 5) is 11.5. The van der Waals surface area contributed by atoms with Gasteiger partial charge in [-0.15, -0.1) is 0 Å². The number of carbonyl (C=O) groups is 1. The molecule has 4 rings (SSSR count). The summed E-state index contributed by atoms with van der Waals surface area (Å²) in [7, 11) is 0. The fraction of sp³-hybridized carbons (Fsp3) is 0.158. The third kappa shape index (κ3) is 3.51. The first kappa shape index (κ1) is 17.1. The summed E-state index contributed by atoms with van der Waals surface area (Å²) in [5.41, 5.74) is 1.08. The molecule has 0 bridgehead atoms. The number of ether oxygens (including phenoxy) is 1. The van der Waals surface area contributed by atoms with Crippen molar-refractivity contribution in [1.29, 1.82) is 0 Å². The molecule has 2 aromatic carbocycles. The van der Waals surface area contributed by atoms with Gasteiger partial charge < -0.3 is 10.1 Å². The zero-order valence-corrected chi connectivity index (χ0v) is 14.0. The standard InChI is InChI=1S/C19H14F3N3O2/c20-19(21,22)17-9-15(25(24-17)10-12-4-2-1-3-5-12)13-6-7-16-14(8-13)23-18(26)11-27-16/h1-9H,10-11H2,(H,23,26). The number of aromatic nitrogens is 2. The maximum Gasteiger partial charge on any atom is 0.435 e. The molecule has 1 N–H and O–H groups in total. The Morgan fingerprint density at radius 1 is 1.11 bits per heavy atom. The molecule has 8 heteroatoms. The molecule has 1 aliphatic heterocycles. The van der Waals surface area contributed by atoms with Gasteiger partial charge in [0.2, 0.25) is 0 Å². The molecule has 1 amide bonds. The van der Waals surface area contributed by atoms with Crippen LogP contribution in [0.3, 0.4) is 0 Å². The minimum absolute atomic E-state index is 0.0868. The van der Waals surface area contributed by atoms with Crippen LogP contribution in [-0.2, 0) is 17.5 Å². The Bertz CT molecular complexity index is 997. The Morgan fingerprint density at radius 2 is 1.89 bits per heavy atom. The van der Waals surface area contributed by atoms with Crippen LogP contribution in [0, 0.1) is 0 Å². The highest BCUT2D eigenvalue weighted by atomic mass is 19.4. The second-order valence-electron chi connectivity index (χ2n) is 6.10. The summed E-state index contributed by atoms with van der Waals surface area (Å²) in [5.74, 6) is 0.164. The molecule has 0 radical (unpaired) electrons. The van der Waals surface area contributed by atoms with Crippen molar-refractivity contribution in [3.05, 3.63) is 65.9 Å². The number of nitrogens with zero attached hydrogens (tertiary/aromatic N) is 2. The maximum absolute atomic E-state index is 13.2. The molecule has 3 aromatic rings. The van der Waals surface area contributed by atoms with Crippen LogP contribution in [0.4, 0.5) is 18.9 Å². The summed E-state index contributed by atoms with van der Waals surface area (Å²) in [5, 5.41) is 6.41. The van der Waals surface area contributed by atoms with Crippen molar-refractivity contribution < 1.29 is 22.7 Å². The van der Waals surface area contributed by atoms with E-state index in [1.807, 2.05) is 30.3 Å². The fourth-order valence-corrected chi connectivity index (χ4v) is 2.91. The van der Waals surface area contributed by atoms with E-state index in [0.29, 0.717) is 22.7 Å². The zero-order chi connectivity index (χ0) is 19.0. The van der Waals surface area contributed by atoms with Crippen LogP contribution in [0.2, 0.25) is 0 Å². The molecule has 0 fully saturated rings. The molecule has 0 unspecified atom stereocenters. The maximum atomic E-state index is 13.2. The highest BCUT2D eigenvalue weighted by molar-refractivity contribution is 5.96. The molecule has 0 saturated carbocycles. The molecule has 0 aliphatic carbocycles. The van der Waals surface area contributed by atoms with Crippen molar-refractivity contribution in [2.45, 2.75) is 12.7 Å². The van der Waals surface area contributed by atoms with Crippen molar-refractivity contribution in [2.75, 3.05) is 11.9 Å². The average Bonchev–Trinajstić information content (AvgIpc) is 3.06. The number of hydrogen-bond donors (Lipinski definition) is 1. The number of nitrogens with one attached hydrogen (secondary N) is 1. The first-order valence-electron chi connectivity index (χ1n) is 8.16. The van der Waals surface area contributed by atoms with Crippen molar-refractivity contribution in [1.82, 2.24) is 9.78 Å². The molecular formula is C19H14F3N3O2. The lowest BCUT2D eigenvalue weighted by Crippen LogP contribution is -2.25. The SMILES string of the molecule is O=C1COc2ccc(-c3cc(C(F)(F)F)nn3Cc3ccccc3)cc2N1. The minimum Gasteiger partial charge on any atom is -0.482 e. The second kappa shape index (κ2) is 6.46. The highest BCUT2D eigenvalue weighted by Crippen LogP contribution is 2.36. The van der Waals surface area contributed by atoms with Gasteiger partial charge in [0.25, 0.3) is 5.91 Å². The van der Waals surface area contributed by atoms with Gasteiger partial charge in [-0.3, -0.25) is 9.48 Å². The lowest BCUT2D eigenvalue weighted by atomic mass is 10.1. The van der Waals surface area contributed by atoms with Gasteiger partial charge in [0.05, 0.1) is 17.9 Å². The van der Waals surface area contributed by atoms with Gasteiger partial charge in [0, 0.05) is 5.56 Å². The smallest absolute Gasteiger partial charge is 0.435 e. The third-order valence-corrected chi connectivity index (χ3v) is 4.15. The van der Waals surface area contributed by atoms with Gasteiger partial charge in [-0.05, 0) is 29.8 Å². The minimum atomic E-state index is -4.55. The topological polar surface area (TPSA) is 56.1 Å². The molecule has 2 heterocycles. The lowest BCUT2D eigenvalue weighted by Gasteiger charge is -2.18. The Hall–Kier alpha value is -3.29. The van der Waals surface area contributed by atoms with E-state index < -0.39 is 11.9 Å². The molecule has 1 aliphatic rings. The molecule has 27 heavy (non-hydrogen) atoms. The Kier molecular flexibility index (Phi) is 4.10. The van der Waals surface area contributed by atoms with Gasteiger partial charge in [0.1, 0.15) is 5.75 Å². The second-order valence-corrected chi connectivity index (χ2v) is 6.10. The van der Waals surface area contributed by atoms with Crippen LogP contribution in [0.25, 0.3) is 11.3 Å². The number of anilines is 1. The normalized spacial score (nSPS) is 13.7. The van der Waals surface area contributed by atoms with Crippen molar-refractivity contribution in [2.24, 2.45) is 0 Å². The molecule has 0 saturated heterocycles. The molecule has 0 spiro atoms. The largest absolute Gasteiger partial charge is 0.482 e. The monoisotopic (exact) mass is 373 g/mol. The first-order chi connectivity index (χ1) is 12.9. The fourth-order valence-electron chi connectivity index (χ4n) is 2.91. The van der Waals surface area contributed by atoms with Crippen LogP contribution in [0.1, 0.15) is 11.3 Å². The predicted molar refractivity (Wildman–Crippen MR) is 92.3 cm³/mol. The van der Waals surface area contributed by atoms with Crippen molar-refractivity contribution in [3.63, 3.8) is 0 Å². The Labute approximate surface area is 152 Å². The number of rotatable bonds is 3. The van der Waals surface area contributed by atoms with E-state index in [-0.39, 0.29) is 19.1 Å². The summed E-state index contributed by atoms with van der Waals surface area (Å²) < 4.78 is 46.2. The quantitative estimate of drug-likeness (QED) is 0.756. The van der Waals surface area contributed by atoms with E-state index >= 15 is 0 Å². The predicted octanol–water partition coefficient (Wildman–Crippen LogP) is 3.95. The summed E-state index contributed by atoms with van der Waals surface area (Å²) in [6, 6.07) is 15.0. The molecule has 1 aromatic heterocycles. The number of carbonyl (C=O) groups excluding carboxylic acids is 1. The summed E-state index contributed by atoms with van der Waals surface area (Å²) in [6.45, 7) is 0.0999. The summed E-state index contributed by atoms with van der Waals surface area (Å²) >= 11 is 0. The van der Waals surface area contributed by atoms with Gasteiger partial charge in [-0.2, -0.15) is 18.3 Å². The van der Waals surface area contributed by atoms with E-state index in [0.717, 1.165) is 11.6 Å². The van der Waals surface area contributed by atoms with Crippen LogP contribution in [0.5, 0.6) is 5.75 Å². The van der Waals surface area contributed by atoms with Crippen LogP contribution in [0.15, 0.2) is 54.6 Å². The molecular weight excluding hydrogens is 359 g/mol. The van der Waals surface area contributed by atoms with Crippen LogP contribution < -0.4 is 10.1 Å². The first-order valence-corrected chi connectivity index (χ1v) is 8.16. The van der Waals surface area contributed by atoms with Gasteiger partial charge in [-0.25, -0.2) is 0 Å². The van der Waals surface area contributed by atoms with E-state index in [4.69, 9.17) is 4.74 Å². The Balaban J connectivity index is 1.78. The van der Waals surface area contributed by atoms with Crippen LogP contribution in [-0.4, -0.2) is 22.3 Å². The van der Waals surface area contributed by atoms with E-state index in [1.165, 1.54) is 4.68 Å². The zero-order valence-electron chi connectivity index (χ0n) is 14.0. The van der Waals surface area contributed by atoms with Gasteiger partial charge >= 0.3 is 6.18 Å². The van der Waals surface area contributed by atoms with E-state index in [1.54, 1.807) is 18.2 Å². The molecule has 138 valence electrons. The number of halogens is 3. The average molecular weight is 373 g/mol. The lowest BCUT2D eigenvalue weighted by molar-refractivity contribution is -0.141. The number of amides is 1. The van der Waals surface area contributed by atoms with E-state index in [2.05, 4.69) is 10.4 Å². The van der Waals surface area contributed by atoms with Crippen molar-refractivity contribution in [3.8, 4) is 17.0 Å². The van der Waals surface area contributed by atoms with Gasteiger partial charge in [-0.1, -0.05) is 30.3 Å². The number of alkyl halides is 3.